The van der Waals surface area contributed by atoms with E-state index in [1.165, 1.54) is 50.1 Å². The van der Waals surface area contributed by atoms with E-state index in [-0.39, 0.29) is 0 Å². The van der Waals surface area contributed by atoms with Crippen LogP contribution in [0, 0.1) is 6.92 Å². The summed E-state index contributed by atoms with van der Waals surface area (Å²) in [6.07, 6.45) is 0.930. The molecule has 0 aliphatic carbocycles. The Bertz CT molecular complexity index is 2720. The molecule has 0 bridgehead atoms. The van der Waals surface area contributed by atoms with Crippen LogP contribution in [0.15, 0.2) is 192 Å². The number of anilines is 3. The average Bonchev–Trinajstić information content (AvgIpc) is 3.61. The van der Waals surface area contributed by atoms with Gasteiger partial charge < -0.3 is 9.32 Å². The number of hydrogen-bond donors (Lipinski definition) is 0. The molecule has 0 N–H and O–H groups in total. The van der Waals surface area contributed by atoms with E-state index in [0.717, 1.165) is 51.0 Å². The number of para-hydroxylation sites is 1. The van der Waals surface area contributed by atoms with Gasteiger partial charge in [-0.2, -0.15) is 0 Å². The molecule has 0 spiro atoms. The van der Waals surface area contributed by atoms with E-state index >= 15 is 0 Å². The van der Waals surface area contributed by atoms with Crippen molar-refractivity contribution in [1.29, 1.82) is 0 Å². The van der Waals surface area contributed by atoms with Crippen LogP contribution in [0.1, 0.15) is 18.1 Å². The third-order valence-electron chi connectivity index (χ3n) is 10.4. The second-order valence-corrected chi connectivity index (χ2v) is 13.6. The first kappa shape index (κ1) is 32.3. The van der Waals surface area contributed by atoms with Crippen molar-refractivity contribution < 1.29 is 4.42 Å². The second kappa shape index (κ2) is 13.8. The fourth-order valence-electron chi connectivity index (χ4n) is 7.86. The molecule has 0 unspecified atom stereocenters. The minimum absolute atomic E-state index is 0.872. The number of furan rings is 1. The van der Waals surface area contributed by atoms with Crippen molar-refractivity contribution in [2.75, 3.05) is 4.90 Å². The van der Waals surface area contributed by atoms with Crippen molar-refractivity contribution in [3.05, 3.63) is 199 Å². The first-order valence-electron chi connectivity index (χ1n) is 18.4. The quantitative estimate of drug-likeness (QED) is 0.159. The molecule has 9 aromatic rings. The highest BCUT2D eigenvalue weighted by molar-refractivity contribution is 6.13. The SMILES string of the molecule is CCc1c(-c2cccc(N(c3cccc(-c4ccc(-c5ccccc5)cc4)c3)c3cccc4oc5ccccc5c34)c2)cccc1-c1ccccc1C. The van der Waals surface area contributed by atoms with E-state index in [4.69, 9.17) is 4.42 Å². The first-order chi connectivity index (χ1) is 26.2. The van der Waals surface area contributed by atoms with E-state index in [0.29, 0.717) is 0 Å². The molecule has 0 saturated carbocycles. The second-order valence-electron chi connectivity index (χ2n) is 13.6. The first-order valence-corrected chi connectivity index (χ1v) is 18.4. The van der Waals surface area contributed by atoms with Crippen LogP contribution < -0.4 is 4.90 Å². The van der Waals surface area contributed by atoms with E-state index < -0.39 is 0 Å². The maximum atomic E-state index is 6.42. The van der Waals surface area contributed by atoms with E-state index in [1.54, 1.807) is 0 Å². The highest BCUT2D eigenvalue weighted by Gasteiger charge is 2.21. The Morgan fingerprint density at radius 1 is 0.434 bits per heavy atom. The third kappa shape index (κ3) is 5.99. The molecule has 9 rings (SSSR count). The highest BCUT2D eigenvalue weighted by Crippen LogP contribution is 2.45. The van der Waals surface area contributed by atoms with Gasteiger partial charge in [0.25, 0.3) is 0 Å². The molecule has 53 heavy (non-hydrogen) atoms. The van der Waals surface area contributed by atoms with Crippen LogP contribution in [0.3, 0.4) is 0 Å². The van der Waals surface area contributed by atoms with Crippen LogP contribution >= 0.6 is 0 Å². The average molecular weight is 682 g/mol. The number of aryl methyl sites for hydroxylation is 1. The molecular formula is C51H39NO. The summed E-state index contributed by atoms with van der Waals surface area (Å²) in [6, 6.07) is 67.5. The van der Waals surface area contributed by atoms with Gasteiger partial charge in [0.05, 0.1) is 11.1 Å². The minimum Gasteiger partial charge on any atom is -0.456 e. The Morgan fingerprint density at radius 3 is 1.75 bits per heavy atom. The van der Waals surface area contributed by atoms with Gasteiger partial charge in [0.1, 0.15) is 11.2 Å². The zero-order chi connectivity index (χ0) is 35.7. The molecule has 0 radical (unpaired) electrons. The van der Waals surface area contributed by atoms with Crippen molar-refractivity contribution in [2.45, 2.75) is 20.3 Å². The van der Waals surface area contributed by atoms with Gasteiger partial charge in [-0.25, -0.2) is 0 Å². The molecule has 0 aliphatic rings. The number of fused-ring (bicyclic) bond motifs is 3. The largest absolute Gasteiger partial charge is 0.456 e. The lowest BCUT2D eigenvalue weighted by Crippen LogP contribution is -2.10. The zero-order valence-corrected chi connectivity index (χ0v) is 30.0. The third-order valence-corrected chi connectivity index (χ3v) is 10.4. The summed E-state index contributed by atoms with van der Waals surface area (Å²) < 4.78 is 6.42. The van der Waals surface area contributed by atoms with Gasteiger partial charge in [0.2, 0.25) is 0 Å². The molecule has 1 heterocycles. The molecule has 0 atom stereocenters. The summed E-state index contributed by atoms with van der Waals surface area (Å²) in [4.78, 5) is 2.40. The lowest BCUT2D eigenvalue weighted by Gasteiger charge is -2.27. The molecule has 1 aromatic heterocycles. The van der Waals surface area contributed by atoms with Crippen molar-refractivity contribution in [1.82, 2.24) is 0 Å². The lowest BCUT2D eigenvalue weighted by molar-refractivity contribution is 0.669. The van der Waals surface area contributed by atoms with Crippen LogP contribution in [0.4, 0.5) is 17.1 Å². The van der Waals surface area contributed by atoms with E-state index in [9.17, 15) is 0 Å². The fourth-order valence-corrected chi connectivity index (χ4v) is 7.86. The van der Waals surface area contributed by atoms with Gasteiger partial charge in [0.15, 0.2) is 0 Å². The van der Waals surface area contributed by atoms with Crippen LogP contribution in [-0.2, 0) is 6.42 Å². The van der Waals surface area contributed by atoms with Crippen molar-refractivity contribution in [2.24, 2.45) is 0 Å². The molecule has 0 fully saturated rings. The summed E-state index contributed by atoms with van der Waals surface area (Å²) >= 11 is 0. The van der Waals surface area contributed by atoms with Gasteiger partial charge in [-0.05, 0) is 111 Å². The van der Waals surface area contributed by atoms with Gasteiger partial charge in [-0.1, -0.05) is 153 Å². The van der Waals surface area contributed by atoms with E-state index in [1.807, 2.05) is 6.07 Å². The van der Waals surface area contributed by atoms with Crippen molar-refractivity contribution >= 4 is 39.0 Å². The summed E-state index contributed by atoms with van der Waals surface area (Å²) in [5, 5.41) is 2.20. The number of benzene rings is 8. The smallest absolute Gasteiger partial charge is 0.137 e. The Kier molecular flexibility index (Phi) is 8.42. The highest BCUT2D eigenvalue weighted by atomic mass is 16.3. The molecule has 0 amide bonds. The fraction of sp³-hybridized carbons (Fsp3) is 0.0588. The van der Waals surface area contributed by atoms with Crippen LogP contribution in [0.25, 0.3) is 66.4 Å². The Hall–Kier alpha value is -6.64. The summed E-state index contributed by atoms with van der Waals surface area (Å²) in [5.41, 5.74) is 17.4. The Labute approximate surface area is 311 Å². The van der Waals surface area contributed by atoms with Crippen molar-refractivity contribution in [3.8, 4) is 44.5 Å². The van der Waals surface area contributed by atoms with Gasteiger partial charge in [0, 0.05) is 16.8 Å². The number of nitrogens with zero attached hydrogens (tertiary/aromatic N) is 1. The normalized spacial score (nSPS) is 11.3. The molecule has 0 aliphatic heterocycles. The van der Waals surface area contributed by atoms with E-state index in [2.05, 4.69) is 201 Å². The predicted octanol–water partition coefficient (Wildman–Crippen LogP) is 14.6. The maximum Gasteiger partial charge on any atom is 0.137 e. The summed E-state index contributed by atoms with van der Waals surface area (Å²) in [6.45, 7) is 4.46. The number of rotatable bonds is 8. The van der Waals surface area contributed by atoms with Gasteiger partial charge in [-0.3, -0.25) is 0 Å². The molecular weight excluding hydrogens is 643 g/mol. The Balaban J connectivity index is 1.21. The molecule has 2 nitrogen and oxygen atoms in total. The zero-order valence-electron chi connectivity index (χ0n) is 30.0. The molecule has 0 saturated heterocycles. The van der Waals surface area contributed by atoms with Gasteiger partial charge in [-0.15, -0.1) is 0 Å². The lowest BCUT2D eigenvalue weighted by atomic mass is 9.88. The standard InChI is InChI=1S/C51H39NO/c1-3-43-45(24-13-25-46(43)44-22-8-7-15-35(44)2)40-19-12-21-42(34-40)52(48-26-14-28-50-51(48)47-23-9-10-27-49(47)53-50)41-20-11-18-39(33-41)38-31-29-37(30-32-38)36-16-5-4-6-17-36/h4-34H,3H2,1-2H3. The van der Waals surface area contributed by atoms with Gasteiger partial charge >= 0.3 is 0 Å². The van der Waals surface area contributed by atoms with Crippen LogP contribution in [-0.4, -0.2) is 0 Å². The Morgan fingerprint density at radius 2 is 0.981 bits per heavy atom. The molecule has 2 heteroatoms. The molecule has 8 aromatic carbocycles. The topological polar surface area (TPSA) is 16.4 Å². The maximum absolute atomic E-state index is 6.42. The van der Waals surface area contributed by atoms with Crippen LogP contribution in [0.5, 0.6) is 0 Å². The number of hydrogen-bond acceptors (Lipinski definition) is 2. The molecule has 254 valence electrons. The van der Waals surface area contributed by atoms with Crippen molar-refractivity contribution in [3.63, 3.8) is 0 Å². The summed E-state index contributed by atoms with van der Waals surface area (Å²) in [5.74, 6) is 0. The summed E-state index contributed by atoms with van der Waals surface area (Å²) in [7, 11) is 0. The minimum atomic E-state index is 0.872. The predicted molar refractivity (Wildman–Crippen MR) is 224 cm³/mol. The van der Waals surface area contributed by atoms with Crippen LogP contribution in [0.2, 0.25) is 0 Å². The monoisotopic (exact) mass is 681 g/mol.